The van der Waals surface area contributed by atoms with Gasteiger partial charge >= 0.3 is 0 Å². The van der Waals surface area contributed by atoms with Crippen LogP contribution in [0.1, 0.15) is 48.0 Å². The van der Waals surface area contributed by atoms with E-state index in [9.17, 15) is 0 Å². The number of hydrogen-bond donors (Lipinski definition) is 0. The highest BCUT2D eigenvalue weighted by Crippen LogP contribution is 2.43. The van der Waals surface area contributed by atoms with Crippen molar-refractivity contribution in [2.24, 2.45) is 0 Å². The predicted molar refractivity (Wildman–Crippen MR) is 83.3 cm³/mol. The third-order valence-electron chi connectivity index (χ3n) is 3.38. The van der Waals surface area contributed by atoms with E-state index in [0.717, 1.165) is 11.8 Å². The minimum absolute atomic E-state index is 0.200. The molecule has 0 fully saturated rings. The number of alkyl halides is 2. The quantitative estimate of drug-likeness (QED) is 0.411. The van der Waals surface area contributed by atoms with Crippen molar-refractivity contribution in [3.8, 4) is 0 Å². The van der Waals surface area contributed by atoms with Gasteiger partial charge in [-0.3, -0.25) is 0 Å². The van der Waals surface area contributed by atoms with Crippen LogP contribution in [0.2, 0.25) is 16.6 Å². The second-order valence-electron chi connectivity index (χ2n) is 5.32. The summed E-state index contributed by atoms with van der Waals surface area (Å²) in [6.07, 6.45) is 1.03. The molecule has 0 aliphatic carbocycles. The minimum atomic E-state index is -1.70. The van der Waals surface area contributed by atoms with Crippen molar-refractivity contribution in [3.05, 3.63) is 0 Å². The highest BCUT2D eigenvalue weighted by atomic mass is 79.9. The Labute approximate surface area is 119 Å². The fraction of sp³-hybridized carbons (Fsp3) is 1.00. The summed E-state index contributed by atoms with van der Waals surface area (Å²) in [5.41, 5.74) is 1.97. The van der Waals surface area contributed by atoms with Crippen molar-refractivity contribution in [2.45, 2.75) is 69.6 Å². The van der Waals surface area contributed by atoms with Gasteiger partial charge < -0.3 is 4.43 Å². The monoisotopic (exact) mass is 372 g/mol. The zero-order chi connectivity index (χ0) is 12.9. The Morgan fingerprint density at radius 3 is 1.56 bits per heavy atom. The summed E-state index contributed by atoms with van der Waals surface area (Å²) in [5, 5.41) is 1.19. The van der Waals surface area contributed by atoms with Crippen molar-refractivity contribution >= 4 is 40.2 Å². The van der Waals surface area contributed by atoms with Crippen molar-refractivity contribution in [3.63, 3.8) is 0 Å². The zero-order valence-corrected chi connectivity index (χ0v) is 15.6. The third kappa shape index (κ3) is 4.11. The lowest BCUT2D eigenvalue weighted by Gasteiger charge is -2.43. The smallest absolute Gasteiger partial charge is 0.201 e. The van der Waals surface area contributed by atoms with E-state index in [-0.39, 0.29) is 5.01 Å². The fourth-order valence-corrected chi connectivity index (χ4v) is 10.4. The summed E-state index contributed by atoms with van der Waals surface area (Å²) >= 11 is 7.14. The van der Waals surface area contributed by atoms with Gasteiger partial charge in [-0.2, -0.15) is 0 Å². The average molecular weight is 374 g/mol. The SMILES string of the molecule is CC(C)[Si](OC(Br)CCBr)(C(C)C)C(C)C. The molecule has 4 heteroatoms. The Hall–Kier alpha value is 1.14. The molecule has 98 valence electrons. The molecule has 0 aromatic carbocycles. The predicted octanol–water partition coefficient (Wildman–Crippen LogP) is 5.68. The normalized spacial score (nSPS) is 15.2. The maximum atomic E-state index is 6.49. The van der Waals surface area contributed by atoms with Gasteiger partial charge in [0.05, 0.1) is 0 Å². The largest absolute Gasteiger partial charge is 0.404 e. The second-order valence-corrected chi connectivity index (χ2v) is 12.5. The van der Waals surface area contributed by atoms with Gasteiger partial charge in [0.25, 0.3) is 0 Å². The van der Waals surface area contributed by atoms with Crippen LogP contribution in [0, 0.1) is 0 Å². The van der Waals surface area contributed by atoms with Crippen molar-refractivity contribution in [1.29, 1.82) is 0 Å². The first-order valence-corrected chi connectivity index (χ1v) is 10.3. The molecule has 16 heavy (non-hydrogen) atoms. The first-order chi connectivity index (χ1) is 7.28. The molecular weight excluding hydrogens is 348 g/mol. The summed E-state index contributed by atoms with van der Waals surface area (Å²) in [5.74, 6) is 0. The highest BCUT2D eigenvalue weighted by molar-refractivity contribution is 9.10. The lowest BCUT2D eigenvalue weighted by Crippen LogP contribution is -2.49. The molecule has 0 spiro atoms. The molecule has 0 saturated carbocycles. The van der Waals surface area contributed by atoms with E-state index in [4.69, 9.17) is 4.43 Å². The molecule has 1 nitrogen and oxygen atoms in total. The van der Waals surface area contributed by atoms with Crippen molar-refractivity contribution < 1.29 is 4.43 Å². The molecule has 1 unspecified atom stereocenters. The first kappa shape index (κ1) is 17.1. The summed E-state index contributed by atoms with van der Waals surface area (Å²) < 4.78 is 6.49. The Balaban J connectivity index is 4.90. The highest BCUT2D eigenvalue weighted by Gasteiger charge is 2.46. The molecule has 0 bridgehead atoms. The van der Waals surface area contributed by atoms with Gasteiger partial charge in [0, 0.05) is 5.33 Å². The molecule has 0 heterocycles. The van der Waals surface area contributed by atoms with E-state index in [1.807, 2.05) is 0 Å². The summed E-state index contributed by atoms with van der Waals surface area (Å²) in [7, 11) is -1.70. The number of halogens is 2. The second kappa shape index (κ2) is 7.55. The van der Waals surface area contributed by atoms with E-state index in [1.165, 1.54) is 0 Å². The lowest BCUT2D eigenvalue weighted by molar-refractivity contribution is 0.254. The van der Waals surface area contributed by atoms with E-state index in [1.54, 1.807) is 0 Å². The van der Waals surface area contributed by atoms with Crippen molar-refractivity contribution in [2.75, 3.05) is 5.33 Å². The maximum Gasteiger partial charge on any atom is 0.201 e. The molecule has 0 aromatic rings. The molecule has 0 amide bonds. The van der Waals surface area contributed by atoms with Gasteiger partial charge in [-0.1, -0.05) is 73.4 Å². The van der Waals surface area contributed by atoms with Gasteiger partial charge in [0.15, 0.2) is 0 Å². The summed E-state index contributed by atoms with van der Waals surface area (Å²) in [6, 6.07) is 0. The first-order valence-electron chi connectivity index (χ1n) is 6.16. The van der Waals surface area contributed by atoms with Crippen LogP contribution in [0.15, 0.2) is 0 Å². The Kier molecular flexibility index (Phi) is 8.08. The Bertz CT molecular complexity index is 174. The van der Waals surface area contributed by atoms with Crippen LogP contribution >= 0.6 is 31.9 Å². The molecular formula is C12H26Br2OSi. The van der Waals surface area contributed by atoms with Crippen LogP contribution < -0.4 is 0 Å². The Morgan fingerprint density at radius 2 is 1.31 bits per heavy atom. The fourth-order valence-electron chi connectivity index (χ4n) is 2.77. The van der Waals surface area contributed by atoms with Crippen molar-refractivity contribution in [1.82, 2.24) is 0 Å². The van der Waals surface area contributed by atoms with Crippen LogP contribution in [-0.2, 0) is 4.43 Å². The standard InChI is InChI=1S/C12H26Br2OSi/c1-9(2)16(10(3)4,11(5)6)15-12(14)7-8-13/h9-12H,7-8H2,1-6H3. The summed E-state index contributed by atoms with van der Waals surface area (Å²) in [4.78, 5) is 0. The van der Waals surface area contributed by atoms with Crippen LogP contribution in [0.5, 0.6) is 0 Å². The third-order valence-corrected chi connectivity index (χ3v) is 10.9. The minimum Gasteiger partial charge on any atom is -0.404 e. The molecule has 0 aliphatic heterocycles. The molecule has 0 aromatic heterocycles. The van der Waals surface area contributed by atoms with Crippen LogP contribution in [0.4, 0.5) is 0 Å². The van der Waals surface area contributed by atoms with Gasteiger partial charge in [-0.25, -0.2) is 0 Å². The molecule has 0 N–H and O–H groups in total. The van der Waals surface area contributed by atoms with Gasteiger partial charge in [-0.15, -0.1) is 0 Å². The number of hydrogen-bond acceptors (Lipinski definition) is 1. The van der Waals surface area contributed by atoms with Gasteiger partial charge in [-0.05, 0) is 23.0 Å². The van der Waals surface area contributed by atoms with E-state index in [2.05, 4.69) is 73.4 Å². The number of rotatable bonds is 7. The Morgan fingerprint density at radius 1 is 0.938 bits per heavy atom. The van der Waals surface area contributed by atoms with E-state index < -0.39 is 8.32 Å². The van der Waals surface area contributed by atoms with Crippen LogP contribution in [-0.4, -0.2) is 18.7 Å². The van der Waals surface area contributed by atoms with E-state index >= 15 is 0 Å². The molecule has 0 aliphatic rings. The van der Waals surface area contributed by atoms with Crippen LogP contribution in [0.25, 0.3) is 0 Å². The lowest BCUT2D eigenvalue weighted by atomic mass is 10.5. The average Bonchev–Trinajstić information content (AvgIpc) is 2.12. The zero-order valence-electron chi connectivity index (χ0n) is 11.4. The molecule has 0 rings (SSSR count). The van der Waals surface area contributed by atoms with Gasteiger partial charge in [0.1, 0.15) is 5.01 Å². The molecule has 1 atom stereocenters. The molecule has 0 saturated heterocycles. The maximum absolute atomic E-state index is 6.49. The summed E-state index contributed by atoms with van der Waals surface area (Å²) in [6.45, 7) is 13.9. The van der Waals surface area contributed by atoms with Gasteiger partial charge in [0.2, 0.25) is 8.32 Å². The van der Waals surface area contributed by atoms with E-state index in [0.29, 0.717) is 16.6 Å². The van der Waals surface area contributed by atoms with Crippen LogP contribution in [0.3, 0.4) is 0 Å². The topological polar surface area (TPSA) is 9.23 Å². The molecule has 0 radical (unpaired) electrons.